The van der Waals surface area contributed by atoms with Crippen LogP contribution in [0, 0.1) is 11.3 Å². The van der Waals surface area contributed by atoms with E-state index in [2.05, 4.69) is 47.1 Å². The van der Waals surface area contributed by atoms with Crippen LogP contribution in [0.2, 0.25) is 0 Å². The molecule has 0 unspecified atom stereocenters. The summed E-state index contributed by atoms with van der Waals surface area (Å²) in [6.07, 6.45) is 4.25. The standard InChI is InChI=1S/C13H20BrN3O/c1-9(2)7-17-12(18)11(14)10(6-16-17)15-8-13(3)4-5-13/h6,9,15H,4-5,7-8H2,1-3H3. The van der Waals surface area contributed by atoms with E-state index in [1.807, 2.05) is 0 Å². The minimum Gasteiger partial charge on any atom is -0.382 e. The molecule has 0 aliphatic heterocycles. The Kier molecular flexibility index (Phi) is 3.80. The fourth-order valence-corrected chi connectivity index (χ4v) is 2.21. The van der Waals surface area contributed by atoms with E-state index in [1.54, 1.807) is 6.20 Å². The van der Waals surface area contributed by atoms with Crippen LogP contribution in [0.5, 0.6) is 0 Å². The highest BCUT2D eigenvalue weighted by atomic mass is 79.9. The smallest absolute Gasteiger partial charge is 0.283 e. The number of nitrogens with one attached hydrogen (secondary N) is 1. The van der Waals surface area contributed by atoms with E-state index in [0.717, 1.165) is 12.2 Å². The summed E-state index contributed by atoms with van der Waals surface area (Å²) in [5.74, 6) is 0.409. The molecule has 0 amide bonds. The molecular formula is C13H20BrN3O. The Bertz CT molecular complexity index is 491. The minimum atomic E-state index is -0.0605. The second-order valence-corrected chi connectivity index (χ2v) is 6.71. The number of hydrogen-bond donors (Lipinski definition) is 1. The molecule has 1 fully saturated rings. The van der Waals surface area contributed by atoms with Gasteiger partial charge in [-0.15, -0.1) is 0 Å². The van der Waals surface area contributed by atoms with Crippen molar-refractivity contribution in [1.82, 2.24) is 9.78 Å². The highest BCUT2D eigenvalue weighted by Crippen LogP contribution is 2.44. The van der Waals surface area contributed by atoms with Crippen molar-refractivity contribution in [1.29, 1.82) is 0 Å². The Morgan fingerprint density at radius 1 is 1.56 bits per heavy atom. The number of hydrogen-bond acceptors (Lipinski definition) is 3. The molecule has 1 saturated carbocycles. The van der Waals surface area contributed by atoms with Crippen LogP contribution in [-0.2, 0) is 6.54 Å². The van der Waals surface area contributed by atoms with Crippen LogP contribution in [-0.4, -0.2) is 16.3 Å². The fraction of sp³-hybridized carbons (Fsp3) is 0.692. The Hall–Kier alpha value is -0.840. The predicted molar refractivity (Wildman–Crippen MR) is 76.9 cm³/mol. The normalized spacial score (nSPS) is 16.9. The van der Waals surface area contributed by atoms with Crippen molar-refractivity contribution in [3.63, 3.8) is 0 Å². The summed E-state index contributed by atoms with van der Waals surface area (Å²) >= 11 is 3.37. The van der Waals surface area contributed by atoms with E-state index >= 15 is 0 Å². The number of rotatable bonds is 5. The van der Waals surface area contributed by atoms with Gasteiger partial charge in [0.15, 0.2) is 0 Å². The van der Waals surface area contributed by atoms with Crippen LogP contribution in [0.4, 0.5) is 5.69 Å². The molecule has 1 aromatic rings. The third-order valence-corrected chi connectivity index (χ3v) is 4.10. The van der Waals surface area contributed by atoms with Crippen LogP contribution in [0.25, 0.3) is 0 Å². The van der Waals surface area contributed by atoms with Crippen molar-refractivity contribution in [3.8, 4) is 0 Å². The Balaban J connectivity index is 2.12. The zero-order valence-corrected chi connectivity index (χ0v) is 12.7. The Morgan fingerprint density at radius 3 is 2.78 bits per heavy atom. The van der Waals surface area contributed by atoms with Crippen molar-refractivity contribution >= 4 is 21.6 Å². The molecule has 1 aromatic heterocycles. The summed E-state index contributed by atoms with van der Waals surface area (Å²) < 4.78 is 2.10. The van der Waals surface area contributed by atoms with Crippen molar-refractivity contribution in [2.75, 3.05) is 11.9 Å². The molecular weight excluding hydrogens is 294 g/mol. The first kappa shape index (κ1) is 13.6. The molecule has 0 saturated heterocycles. The van der Waals surface area contributed by atoms with Gasteiger partial charge in [-0.05, 0) is 40.1 Å². The third kappa shape index (κ3) is 3.13. The second-order valence-electron chi connectivity index (χ2n) is 5.92. The lowest BCUT2D eigenvalue weighted by Crippen LogP contribution is -2.27. The summed E-state index contributed by atoms with van der Waals surface area (Å²) in [7, 11) is 0. The number of anilines is 1. The lowest BCUT2D eigenvalue weighted by atomic mass is 10.1. The molecule has 1 N–H and O–H groups in total. The maximum absolute atomic E-state index is 12.1. The lowest BCUT2D eigenvalue weighted by molar-refractivity contribution is 0.462. The quantitative estimate of drug-likeness (QED) is 0.909. The van der Waals surface area contributed by atoms with Gasteiger partial charge in [-0.2, -0.15) is 5.10 Å². The summed E-state index contributed by atoms with van der Waals surface area (Å²) in [5.41, 5.74) is 1.15. The van der Waals surface area contributed by atoms with Gasteiger partial charge in [0.1, 0.15) is 4.47 Å². The maximum atomic E-state index is 12.1. The highest BCUT2D eigenvalue weighted by Gasteiger charge is 2.36. The predicted octanol–water partition coefficient (Wildman–Crippen LogP) is 2.87. The van der Waals surface area contributed by atoms with Crippen molar-refractivity contribution in [2.24, 2.45) is 11.3 Å². The van der Waals surface area contributed by atoms with Crippen LogP contribution in [0.15, 0.2) is 15.5 Å². The summed E-state index contributed by atoms with van der Waals surface area (Å²) in [6.45, 7) is 7.95. The van der Waals surface area contributed by atoms with E-state index in [0.29, 0.717) is 22.4 Å². The van der Waals surface area contributed by atoms with E-state index < -0.39 is 0 Å². The molecule has 4 nitrogen and oxygen atoms in total. The van der Waals surface area contributed by atoms with E-state index in [9.17, 15) is 4.79 Å². The van der Waals surface area contributed by atoms with Gasteiger partial charge in [0.2, 0.25) is 0 Å². The molecule has 100 valence electrons. The van der Waals surface area contributed by atoms with Crippen LogP contribution >= 0.6 is 15.9 Å². The highest BCUT2D eigenvalue weighted by molar-refractivity contribution is 9.10. The molecule has 1 aliphatic rings. The maximum Gasteiger partial charge on any atom is 0.283 e. The van der Waals surface area contributed by atoms with Gasteiger partial charge in [-0.25, -0.2) is 4.68 Å². The number of nitrogens with zero attached hydrogens (tertiary/aromatic N) is 2. The zero-order chi connectivity index (χ0) is 13.3. The van der Waals surface area contributed by atoms with Gasteiger partial charge in [0.05, 0.1) is 11.9 Å². The molecule has 0 bridgehead atoms. The van der Waals surface area contributed by atoms with E-state index in [4.69, 9.17) is 0 Å². The number of aromatic nitrogens is 2. The first-order chi connectivity index (χ1) is 8.41. The molecule has 18 heavy (non-hydrogen) atoms. The first-order valence-corrected chi connectivity index (χ1v) is 7.20. The topological polar surface area (TPSA) is 46.9 Å². The molecule has 1 aliphatic carbocycles. The van der Waals surface area contributed by atoms with Gasteiger partial charge in [0.25, 0.3) is 5.56 Å². The van der Waals surface area contributed by atoms with Crippen molar-refractivity contribution in [2.45, 2.75) is 40.2 Å². The molecule has 1 heterocycles. The van der Waals surface area contributed by atoms with Gasteiger partial charge < -0.3 is 5.32 Å². The molecule has 5 heteroatoms. The van der Waals surface area contributed by atoms with Crippen molar-refractivity contribution in [3.05, 3.63) is 21.0 Å². The minimum absolute atomic E-state index is 0.0605. The third-order valence-electron chi connectivity index (χ3n) is 3.33. The largest absolute Gasteiger partial charge is 0.382 e. The molecule has 0 spiro atoms. The lowest BCUT2D eigenvalue weighted by Gasteiger charge is -2.14. The van der Waals surface area contributed by atoms with Crippen LogP contribution < -0.4 is 10.9 Å². The molecule has 0 atom stereocenters. The van der Waals surface area contributed by atoms with Gasteiger partial charge in [0, 0.05) is 13.1 Å². The first-order valence-electron chi connectivity index (χ1n) is 6.41. The van der Waals surface area contributed by atoms with E-state index in [-0.39, 0.29) is 5.56 Å². The summed E-state index contributed by atoms with van der Waals surface area (Å²) in [6, 6.07) is 0. The second kappa shape index (κ2) is 5.03. The van der Waals surface area contributed by atoms with Crippen LogP contribution in [0.3, 0.4) is 0 Å². The Labute approximate surface area is 116 Å². The molecule has 0 radical (unpaired) electrons. The summed E-state index contributed by atoms with van der Waals surface area (Å²) in [4.78, 5) is 12.1. The van der Waals surface area contributed by atoms with Crippen molar-refractivity contribution < 1.29 is 0 Å². The molecule has 0 aromatic carbocycles. The van der Waals surface area contributed by atoms with Gasteiger partial charge in [-0.3, -0.25) is 4.79 Å². The monoisotopic (exact) mass is 313 g/mol. The zero-order valence-electron chi connectivity index (χ0n) is 11.2. The van der Waals surface area contributed by atoms with Gasteiger partial charge in [-0.1, -0.05) is 20.8 Å². The fourth-order valence-electron chi connectivity index (χ4n) is 1.76. The van der Waals surface area contributed by atoms with Gasteiger partial charge >= 0.3 is 0 Å². The average molecular weight is 314 g/mol. The Morgan fingerprint density at radius 2 is 2.22 bits per heavy atom. The molecule has 2 rings (SSSR count). The number of halogens is 1. The van der Waals surface area contributed by atoms with Crippen LogP contribution in [0.1, 0.15) is 33.6 Å². The SMILES string of the molecule is CC(C)Cn1ncc(NCC2(C)CC2)c(Br)c1=O. The summed E-state index contributed by atoms with van der Waals surface area (Å²) in [5, 5.41) is 7.53. The average Bonchev–Trinajstić information content (AvgIpc) is 3.02. The van der Waals surface area contributed by atoms with E-state index in [1.165, 1.54) is 17.5 Å².